The van der Waals surface area contributed by atoms with E-state index in [9.17, 15) is 13.2 Å². The van der Waals surface area contributed by atoms with E-state index in [1.807, 2.05) is 0 Å². The van der Waals surface area contributed by atoms with Crippen LogP contribution in [0, 0.1) is 0 Å². The molecular weight excluding hydrogens is 278 g/mol. The molecule has 6 heteroatoms. The number of rotatable bonds is 2. The highest BCUT2D eigenvalue weighted by molar-refractivity contribution is 7.90. The van der Waals surface area contributed by atoms with Crippen molar-refractivity contribution in [1.29, 1.82) is 0 Å². The van der Waals surface area contributed by atoms with Crippen molar-refractivity contribution in [3.63, 3.8) is 0 Å². The van der Waals surface area contributed by atoms with Crippen LogP contribution in [0.5, 0.6) is 0 Å². The summed E-state index contributed by atoms with van der Waals surface area (Å²) in [5, 5.41) is 0. The van der Waals surface area contributed by atoms with Gasteiger partial charge in [0.15, 0.2) is 0 Å². The molecular formula is C14H15NO4S. The van der Waals surface area contributed by atoms with Crippen LogP contribution in [0.3, 0.4) is 0 Å². The van der Waals surface area contributed by atoms with Crippen LogP contribution in [-0.4, -0.2) is 31.8 Å². The predicted molar refractivity (Wildman–Crippen MR) is 73.1 cm³/mol. The summed E-state index contributed by atoms with van der Waals surface area (Å²) in [5.74, 6) is -0.417. The molecule has 0 N–H and O–H groups in total. The first-order valence-electron chi connectivity index (χ1n) is 6.59. The Morgan fingerprint density at radius 2 is 2.10 bits per heavy atom. The largest absolute Gasteiger partial charge is 0.463 e. The van der Waals surface area contributed by atoms with E-state index in [-0.39, 0.29) is 11.5 Å². The maximum Gasteiger partial charge on any atom is 0.336 e. The van der Waals surface area contributed by atoms with Gasteiger partial charge in [-0.15, -0.1) is 0 Å². The molecule has 1 aromatic carbocycles. The molecule has 5 nitrogen and oxygen atoms in total. The number of carbonyl (C=O) groups excluding carboxylic acids is 1. The predicted octanol–water partition coefficient (Wildman–Crippen LogP) is 1.76. The van der Waals surface area contributed by atoms with Crippen molar-refractivity contribution in [2.45, 2.75) is 24.7 Å². The fourth-order valence-corrected chi connectivity index (χ4v) is 4.49. The van der Waals surface area contributed by atoms with Crippen LogP contribution in [0.1, 0.15) is 25.3 Å². The molecule has 0 atom stereocenters. The van der Waals surface area contributed by atoms with E-state index in [0.29, 0.717) is 36.2 Å². The van der Waals surface area contributed by atoms with Crippen molar-refractivity contribution < 1.29 is 17.9 Å². The van der Waals surface area contributed by atoms with Gasteiger partial charge >= 0.3 is 5.97 Å². The average Bonchev–Trinajstić information content (AvgIpc) is 2.69. The van der Waals surface area contributed by atoms with Crippen molar-refractivity contribution in [3.05, 3.63) is 35.4 Å². The number of fused-ring (bicyclic) bond motifs is 3. The van der Waals surface area contributed by atoms with Gasteiger partial charge < -0.3 is 4.74 Å². The van der Waals surface area contributed by atoms with Crippen molar-refractivity contribution in [1.82, 2.24) is 4.31 Å². The molecule has 3 rings (SSSR count). The lowest BCUT2D eigenvalue weighted by Gasteiger charge is -2.26. The van der Waals surface area contributed by atoms with Crippen LogP contribution in [0.15, 0.2) is 34.7 Å². The fraction of sp³-hybridized carbons (Fsp3) is 0.357. The second kappa shape index (κ2) is 4.63. The Morgan fingerprint density at radius 1 is 1.35 bits per heavy atom. The highest BCUT2D eigenvalue weighted by Gasteiger charge is 2.42. The summed E-state index contributed by atoms with van der Waals surface area (Å²) in [6, 6.07) is 6.80. The third kappa shape index (κ3) is 1.75. The molecule has 2 aliphatic rings. The summed E-state index contributed by atoms with van der Waals surface area (Å²) < 4.78 is 31.4. The third-order valence-corrected chi connectivity index (χ3v) is 5.41. The zero-order valence-corrected chi connectivity index (χ0v) is 11.9. The van der Waals surface area contributed by atoms with Crippen LogP contribution in [0.25, 0.3) is 5.70 Å². The maximum atomic E-state index is 12.5. The van der Waals surface area contributed by atoms with E-state index in [4.69, 9.17) is 4.74 Å². The Balaban J connectivity index is 2.24. The zero-order valence-electron chi connectivity index (χ0n) is 11.1. The van der Waals surface area contributed by atoms with E-state index in [0.717, 1.165) is 0 Å². The standard InChI is InChI=1S/C14H15NO4S/c1-2-19-14(16)11-7-5-9-15-13(11)10-6-3-4-8-12(10)20(15,17)18/h3-4,6,8H,2,5,7,9H2,1H3. The van der Waals surface area contributed by atoms with Gasteiger partial charge in [-0.3, -0.25) is 4.31 Å². The molecule has 0 saturated heterocycles. The molecule has 2 aliphatic heterocycles. The minimum Gasteiger partial charge on any atom is -0.463 e. The molecule has 2 heterocycles. The lowest BCUT2D eigenvalue weighted by atomic mass is 9.99. The Morgan fingerprint density at radius 3 is 2.85 bits per heavy atom. The Kier molecular flexibility index (Phi) is 3.05. The number of esters is 1. The fourth-order valence-electron chi connectivity index (χ4n) is 2.74. The van der Waals surface area contributed by atoms with Gasteiger partial charge in [0, 0.05) is 12.1 Å². The molecule has 0 amide bonds. The number of benzene rings is 1. The lowest BCUT2D eigenvalue weighted by molar-refractivity contribution is -0.138. The van der Waals surface area contributed by atoms with Crippen LogP contribution >= 0.6 is 0 Å². The molecule has 0 spiro atoms. The molecule has 106 valence electrons. The summed E-state index contributed by atoms with van der Waals surface area (Å²) in [6.07, 6.45) is 1.18. The van der Waals surface area contributed by atoms with Crippen molar-refractivity contribution in [2.75, 3.05) is 13.2 Å². The van der Waals surface area contributed by atoms with E-state index in [1.165, 1.54) is 4.31 Å². The van der Waals surface area contributed by atoms with Gasteiger partial charge in [-0.05, 0) is 25.8 Å². The minimum absolute atomic E-state index is 0.277. The van der Waals surface area contributed by atoms with Gasteiger partial charge in [0.1, 0.15) is 0 Å². The lowest BCUT2D eigenvalue weighted by Crippen LogP contribution is -2.30. The second-order valence-electron chi connectivity index (χ2n) is 4.72. The number of nitrogens with zero attached hydrogens (tertiary/aromatic N) is 1. The Bertz CT molecular complexity index is 706. The first-order chi connectivity index (χ1) is 9.57. The average molecular weight is 293 g/mol. The van der Waals surface area contributed by atoms with Crippen LogP contribution in [0.4, 0.5) is 0 Å². The summed E-state index contributed by atoms with van der Waals surface area (Å²) in [4.78, 5) is 12.3. The van der Waals surface area contributed by atoms with E-state index in [2.05, 4.69) is 0 Å². The van der Waals surface area contributed by atoms with E-state index in [1.54, 1.807) is 31.2 Å². The molecule has 1 aromatic rings. The van der Waals surface area contributed by atoms with Crippen molar-refractivity contribution >= 4 is 21.7 Å². The number of hydrogen-bond donors (Lipinski definition) is 0. The number of sulfonamides is 1. The van der Waals surface area contributed by atoms with Gasteiger partial charge in [-0.25, -0.2) is 13.2 Å². The van der Waals surface area contributed by atoms with Crippen molar-refractivity contribution in [3.8, 4) is 0 Å². The first-order valence-corrected chi connectivity index (χ1v) is 8.03. The third-order valence-electron chi connectivity index (χ3n) is 3.56. The number of ether oxygens (including phenoxy) is 1. The highest BCUT2D eigenvalue weighted by Crippen LogP contribution is 2.43. The van der Waals surface area contributed by atoms with E-state index < -0.39 is 16.0 Å². The molecule has 0 bridgehead atoms. The molecule has 20 heavy (non-hydrogen) atoms. The van der Waals surface area contributed by atoms with Crippen LogP contribution < -0.4 is 0 Å². The first kappa shape index (κ1) is 13.2. The molecule has 0 aromatic heterocycles. The Hall–Kier alpha value is -1.82. The summed E-state index contributed by atoms with van der Waals surface area (Å²) in [7, 11) is -3.52. The Labute approximate surface area is 117 Å². The SMILES string of the molecule is CCOC(=O)C1=C2c3ccccc3S(=O)(=O)N2CCC1. The molecule has 0 aliphatic carbocycles. The van der Waals surface area contributed by atoms with Gasteiger partial charge in [0.05, 0.1) is 22.8 Å². The van der Waals surface area contributed by atoms with Gasteiger partial charge in [-0.2, -0.15) is 0 Å². The second-order valence-corrected chi connectivity index (χ2v) is 6.56. The molecule has 0 fully saturated rings. The van der Waals surface area contributed by atoms with Crippen LogP contribution in [-0.2, 0) is 19.6 Å². The zero-order chi connectivity index (χ0) is 14.3. The smallest absolute Gasteiger partial charge is 0.336 e. The topological polar surface area (TPSA) is 63.7 Å². The quantitative estimate of drug-likeness (QED) is 0.779. The summed E-state index contributed by atoms with van der Waals surface area (Å²) >= 11 is 0. The number of hydrogen-bond acceptors (Lipinski definition) is 4. The normalized spacial score (nSPS) is 19.6. The minimum atomic E-state index is -3.52. The molecule has 0 saturated carbocycles. The maximum absolute atomic E-state index is 12.5. The summed E-state index contributed by atoms with van der Waals surface area (Å²) in [5.41, 5.74) is 1.58. The van der Waals surface area contributed by atoms with Crippen molar-refractivity contribution in [2.24, 2.45) is 0 Å². The highest BCUT2D eigenvalue weighted by atomic mass is 32.2. The van der Waals surface area contributed by atoms with Gasteiger partial charge in [0.25, 0.3) is 10.0 Å². The number of carbonyl (C=O) groups is 1. The molecule has 0 radical (unpaired) electrons. The summed E-state index contributed by atoms with van der Waals surface area (Å²) in [6.45, 7) is 2.43. The monoisotopic (exact) mass is 293 g/mol. The van der Waals surface area contributed by atoms with Gasteiger partial charge in [-0.1, -0.05) is 18.2 Å². The van der Waals surface area contributed by atoms with E-state index >= 15 is 0 Å². The molecule has 0 unspecified atom stereocenters. The van der Waals surface area contributed by atoms with Gasteiger partial charge in [0.2, 0.25) is 0 Å². The van der Waals surface area contributed by atoms with Crippen LogP contribution in [0.2, 0.25) is 0 Å².